The molecule has 1 aliphatic heterocycles. The smallest absolute Gasteiger partial charge is 0.0254 e. The molecule has 0 radical (unpaired) electrons. The van der Waals surface area contributed by atoms with Crippen LogP contribution in [0.25, 0.3) is 0 Å². The van der Waals surface area contributed by atoms with E-state index in [-0.39, 0.29) is 0 Å². The fraction of sp³-hybridized carbons (Fsp3) is 1.00. The Morgan fingerprint density at radius 3 is 2.73 bits per heavy atom. The van der Waals surface area contributed by atoms with Crippen LogP contribution in [-0.2, 0) is 0 Å². The highest BCUT2D eigenvalue weighted by molar-refractivity contribution is 7.99. The zero-order valence-electron chi connectivity index (χ0n) is 10.4. The van der Waals surface area contributed by atoms with Crippen molar-refractivity contribution < 1.29 is 0 Å². The number of nitrogens with zero attached hydrogens (tertiary/aromatic N) is 1. The van der Waals surface area contributed by atoms with E-state index in [4.69, 9.17) is 5.73 Å². The molecule has 0 spiro atoms. The van der Waals surface area contributed by atoms with Crippen LogP contribution >= 0.6 is 11.8 Å². The van der Waals surface area contributed by atoms with E-state index in [1.165, 1.54) is 30.8 Å². The molecule has 0 aromatic carbocycles. The maximum Gasteiger partial charge on any atom is 0.0254 e. The standard InChI is InChI=1S/C12H26N2S/c1-4-5-10(2)14(3)12(8-13)11-6-7-15-9-11/h10-12H,4-9,13H2,1-3H3. The van der Waals surface area contributed by atoms with Crippen molar-refractivity contribution in [3.05, 3.63) is 0 Å². The number of hydrogen-bond acceptors (Lipinski definition) is 3. The second-order valence-corrected chi connectivity index (χ2v) is 5.88. The molecular formula is C12H26N2S. The van der Waals surface area contributed by atoms with Crippen LogP contribution in [0.4, 0.5) is 0 Å². The Morgan fingerprint density at radius 1 is 1.53 bits per heavy atom. The van der Waals surface area contributed by atoms with Crippen LogP contribution in [-0.4, -0.2) is 42.1 Å². The summed E-state index contributed by atoms with van der Waals surface area (Å²) in [6, 6.07) is 1.27. The molecule has 0 saturated carbocycles. The Labute approximate surface area is 99.0 Å². The van der Waals surface area contributed by atoms with Crippen molar-refractivity contribution in [2.45, 2.75) is 45.2 Å². The van der Waals surface area contributed by atoms with Gasteiger partial charge in [-0.25, -0.2) is 0 Å². The monoisotopic (exact) mass is 230 g/mol. The number of thioether (sulfide) groups is 1. The maximum atomic E-state index is 5.94. The molecule has 2 nitrogen and oxygen atoms in total. The highest BCUT2D eigenvalue weighted by Gasteiger charge is 2.29. The molecule has 0 amide bonds. The van der Waals surface area contributed by atoms with E-state index in [9.17, 15) is 0 Å². The van der Waals surface area contributed by atoms with E-state index in [1.807, 2.05) is 0 Å². The third kappa shape index (κ3) is 3.65. The van der Waals surface area contributed by atoms with Gasteiger partial charge in [0.1, 0.15) is 0 Å². The highest BCUT2D eigenvalue weighted by atomic mass is 32.2. The van der Waals surface area contributed by atoms with Crippen molar-refractivity contribution in [3.63, 3.8) is 0 Å². The van der Waals surface area contributed by atoms with Gasteiger partial charge in [-0.15, -0.1) is 0 Å². The Morgan fingerprint density at radius 2 is 2.27 bits per heavy atom. The number of hydrogen-bond donors (Lipinski definition) is 1. The predicted molar refractivity (Wildman–Crippen MR) is 70.4 cm³/mol. The predicted octanol–water partition coefficient (Wildman–Crippen LogP) is 2.19. The van der Waals surface area contributed by atoms with Gasteiger partial charge >= 0.3 is 0 Å². The lowest BCUT2D eigenvalue weighted by atomic mass is 9.96. The summed E-state index contributed by atoms with van der Waals surface area (Å²) in [7, 11) is 2.25. The topological polar surface area (TPSA) is 29.3 Å². The Hall–Kier alpha value is 0.270. The average Bonchev–Trinajstić information content (AvgIpc) is 2.72. The summed E-state index contributed by atoms with van der Waals surface area (Å²) in [5.74, 6) is 3.46. The maximum absolute atomic E-state index is 5.94. The summed E-state index contributed by atoms with van der Waals surface area (Å²) in [5.41, 5.74) is 5.94. The molecule has 15 heavy (non-hydrogen) atoms. The molecule has 1 heterocycles. The van der Waals surface area contributed by atoms with E-state index >= 15 is 0 Å². The fourth-order valence-electron chi connectivity index (χ4n) is 2.50. The first kappa shape index (κ1) is 13.3. The zero-order valence-corrected chi connectivity index (χ0v) is 11.2. The van der Waals surface area contributed by atoms with Crippen LogP contribution < -0.4 is 5.73 Å². The molecule has 0 aromatic heterocycles. The van der Waals surface area contributed by atoms with Crippen LogP contribution in [0.3, 0.4) is 0 Å². The fourth-order valence-corrected chi connectivity index (χ4v) is 3.82. The van der Waals surface area contributed by atoms with E-state index in [0.29, 0.717) is 12.1 Å². The summed E-state index contributed by atoms with van der Waals surface area (Å²) >= 11 is 2.09. The van der Waals surface area contributed by atoms with Crippen molar-refractivity contribution >= 4 is 11.8 Å². The molecule has 3 atom stereocenters. The minimum absolute atomic E-state index is 0.599. The van der Waals surface area contributed by atoms with Crippen molar-refractivity contribution in [3.8, 4) is 0 Å². The largest absolute Gasteiger partial charge is 0.329 e. The quantitative estimate of drug-likeness (QED) is 0.758. The van der Waals surface area contributed by atoms with E-state index < -0.39 is 0 Å². The van der Waals surface area contributed by atoms with Gasteiger partial charge < -0.3 is 5.73 Å². The van der Waals surface area contributed by atoms with Crippen LogP contribution in [0, 0.1) is 5.92 Å². The van der Waals surface area contributed by atoms with Crippen LogP contribution in [0.15, 0.2) is 0 Å². The van der Waals surface area contributed by atoms with Gasteiger partial charge in [-0.2, -0.15) is 11.8 Å². The molecule has 2 N–H and O–H groups in total. The third-order valence-corrected chi connectivity index (χ3v) is 4.86. The SMILES string of the molecule is CCCC(C)N(C)C(CN)C1CCSC1. The molecule has 0 bridgehead atoms. The Balaban J connectivity index is 2.48. The molecule has 0 aromatic rings. The number of rotatable bonds is 6. The lowest BCUT2D eigenvalue weighted by molar-refractivity contribution is 0.138. The first-order valence-electron chi connectivity index (χ1n) is 6.20. The lowest BCUT2D eigenvalue weighted by Crippen LogP contribution is -2.47. The van der Waals surface area contributed by atoms with Gasteiger partial charge in [-0.05, 0) is 44.2 Å². The summed E-state index contributed by atoms with van der Waals surface area (Å²) in [5, 5.41) is 0. The van der Waals surface area contributed by atoms with Crippen LogP contribution in [0.1, 0.15) is 33.1 Å². The summed E-state index contributed by atoms with van der Waals surface area (Å²) in [4.78, 5) is 2.51. The minimum atomic E-state index is 0.599. The van der Waals surface area contributed by atoms with Crippen molar-refractivity contribution in [2.24, 2.45) is 11.7 Å². The molecule has 1 saturated heterocycles. The van der Waals surface area contributed by atoms with Crippen molar-refractivity contribution in [2.75, 3.05) is 25.1 Å². The summed E-state index contributed by atoms with van der Waals surface area (Å²) < 4.78 is 0. The first-order chi connectivity index (χ1) is 7.20. The highest BCUT2D eigenvalue weighted by Crippen LogP contribution is 2.29. The Bertz CT molecular complexity index is 169. The lowest BCUT2D eigenvalue weighted by Gasteiger charge is -2.36. The van der Waals surface area contributed by atoms with Crippen molar-refractivity contribution in [1.82, 2.24) is 4.90 Å². The molecular weight excluding hydrogens is 204 g/mol. The molecule has 3 unspecified atom stereocenters. The second-order valence-electron chi connectivity index (χ2n) is 4.73. The van der Waals surface area contributed by atoms with Gasteiger partial charge in [0.25, 0.3) is 0 Å². The van der Waals surface area contributed by atoms with E-state index in [0.717, 1.165) is 12.5 Å². The van der Waals surface area contributed by atoms with Crippen LogP contribution in [0.5, 0.6) is 0 Å². The first-order valence-corrected chi connectivity index (χ1v) is 7.35. The summed E-state index contributed by atoms with van der Waals surface area (Å²) in [6.45, 7) is 5.40. The van der Waals surface area contributed by atoms with E-state index in [1.54, 1.807) is 0 Å². The summed E-state index contributed by atoms with van der Waals surface area (Å²) in [6.07, 6.45) is 3.91. The van der Waals surface area contributed by atoms with Crippen LogP contribution in [0.2, 0.25) is 0 Å². The number of likely N-dealkylation sites (N-methyl/N-ethyl adjacent to an activating group) is 1. The third-order valence-electron chi connectivity index (χ3n) is 3.68. The number of nitrogens with two attached hydrogens (primary N) is 1. The van der Waals surface area contributed by atoms with Gasteiger partial charge in [0.05, 0.1) is 0 Å². The van der Waals surface area contributed by atoms with Gasteiger partial charge in [0.15, 0.2) is 0 Å². The Kier molecular flexibility index (Phi) is 6.02. The zero-order chi connectivity index (χ0) is 11.3. The molecule has 1 fully saturated rings. The minimum Gasteiger partial charge on any atom is -0.329 e. The van der Waals surface area contributed by atoms with Gasteiger partial charge in [-0.3, -0.25) is 4.90 Å². The second kappa shape index (κ2) is 6.77. The molecule has 0 aliphatic carbocycles. The van der Waals surface area contributed by atoms with E-state index in [2.05, 4.69) is 37.6 Å². The van der Waals surface area contributed by atoms with Gasteiger partial charge in [-0.1, -0.05) is 13.3 Å². The molecule has 1 aliphatic rings. The normalized spacial score (nSPS) is 25.8. The molecule has 3 heteroatoms. The van der Waals surface area contributed by atoms with Crippen molar-refractivity contribution in [1.29, 1.82) is 0 Å². The average molecular weight is 230 g/mol. The molecule has 90 valence electrons. The molecule has 1 rings (SSSR count). The van der Waals surface area contributed by atoms with Gasteiger partial charge in [0, 0.05) is 18.6 Å². The van der Waals surface area contributed by atoms with Gasteiger partial charge in [0.2, 0.25) is 0 Å².